The van der Waals surface area contributed by atoms with Gasteiger partial charge < -0.3 is 29.5 Å². The van der Waals surface area contributed by atoms with Crippen molar-refractivity contribution in [2.24, 2.45) is 0 Å². The molecule has 0 amide bonds. The van der Waals surface area contributed by atoms with Crippen LogP contribution in [0.4, 0.5) is 0 Å². The number of ether oxygens (including phenoxy) is 2. The third kappa shape index (κ3) is 30.1. The van der Waals surface area contributed by atoms with Gasteiger partial charge in [-0.05, 0) is 165 Å². The summed E-state index contributed by atoms with van der Waals surface area (Å²) in [4.78, 5) is 122. The Morgan fingerprint density at radius 3 is 1.22 bits per heavy atom. The first-order valence-corrected chi connectivity index (χ1v) is 31.8. The predicted octanol–water partition coefficient (Wildman–Crippen LogP) is 14.8. The van der Waals surface area contributed by atoms with E-state index in [0.29, 0.717) is 5.56 Å². The topological polar surface area (TPSA) is 323 Å². The maximum Gasteiger partial charge on any atom is 0.310 e. The first-order chi connectivity index (χ1) is 50.5. The number of ketones is 2. The number of nitrogens with zero attached hydrogens (tertiary/aromatic N) is 9. The molecule has 12 aromatic rings. The summed E-state index contributed by atoms with van der Waals surface area (Å²) in [5.74, 6) is -1.46. The number of aromatic amines is 3. The molecule has 2 unspecified atom stereocenters. The minimum atomic E-state index is -0.562. The summed E-state index contributed by atoms with van der Waals surface area (Å²) in [6, 6.07) is 26.1. The number of H-pyrrole nitrogens is 3. The standard InChI is InChI=1S/C15H16N2O3.C13H12N2O.C11H12N2O.C11H10N2O.C11H10N2.C9H9NO.C6H5NO.C4H6O3.BH.U/c1-10(20-12(3)19)14-8-17(11(2)18)9-15(14)13-4-6-16-7-5-13;1-3-11-8-15(10(2)16)9-13(11)12-4-6-14-7-5-12;2*1-8(14)10-6-13-7-11(10)9-2-4-12-5-3-9;1-2-9-7-13-8-11(9)10-3-5-12-6-4-10;1-8(11)2-3-9-4-6-10-7-5-9;8-5-6-1-3-7-4-2-6;1-3(5)7-4(2)6;;/h4-10H,1-3H3;3-9H,1H2,2H3;2-8,13-14H,1H3;2-7,13H,1H3;2-8,13H,1H2;2-7H,1H3;1-5H;1-2H3;1H;/b;;;;;3-2+;;;;/i;;;;;;;;1D;. The molecule has 12 rings (SSSR count). The zero-order chi connectivity index (χ0) is 77.1. The van der Waals surface area contributed by atoms with Crippen LogP contribution < -0.4 is 0 Å². The predicted molar refractivity (Wildman–Crippen MR) is 404 cm³/mol. The maximum absolute atomic E-state index is 11.5. The van der Waals surface area contributed by atoms with Crippen LogP contribution in [0.1, 0.15) is 133 Å². The average Bonchev–Trinajstić information content (AvgIpc) is 1.70. The fraction of sp³-hybridized carbons (Fsp3) is 0.138. The second-order valence-corrected chi connectivity index (χ2v) is 21.8. The van der Waals surface area contributed by atoms with Gasteiger partial charge in [-0.2, -0.15) is 0 Å². The maximum atomic E-state index is 11.5. The van der Waals surface area contributed by atoms with Crippen molar-refractivity contribution in [3.8, 4) is 55.6 Å². The number of aliphatic hydroxyl groups excluding tert-OH is 1. The number of rotatable bonds is 14. The van der Waals surface area contributed by atoms with Crippen molar-refractivity contribution in [3.63, 3.8) is 0 Å². The molecule has 0 saturated heterocycles. The molecule has 12 heterocycles. The second kappa shape index (κ2) is 47.0. The van der Waals surface area contributed by atoms with Crippen LogP contribution in [0.15, 0.2) is 253 Å². The zero-order valence-corrected chi connectivity index (χ0v) is 63.7. The molecule has 0 fully saturated rings. The number of aldehydes is 1. The molecule has 2 atom stereocenters. The van der Waals surface area contributed by atoms with Crippen molar-refractivity contribution < 1.29 is 84.0 Å². The van der Waals surface area contributed by atoms with Crippen LogP contribution in [-0.4, -0.2) is 121 Å². The van der Waals surface area contributed by atoms with Gasteiger partial charge in [-0.15, -0.1) is 0 Å². The number of aliphatic hydroxyl groups is 1. The van der Waals surface area contributed by atoms with Gasteiger partial charge in [0, 0.05) is 273 Å². The summed E-state index contributed by atoms with van der Waals surface area (Å²) in [6.45, 7) is 20.9. The van der Waals surface area contributed by atoms with Gasteiger partial charge >= 0.3 is 17.9 Å². The van der Waals surface area contributed by atoms with E-state index in [-0.39, 0.29) is 60.5 Å². The first-order valence-electron chi connectivity index (χ1n) is 32.3. The van der Waals surface area contributed by atoms with Crippen LogP contribution in [0.25, 0.3) is 73.9 Å². The Balaban J connectivity index is 0.000000318. The molecule has 12 aromatic heterocycles. The van der Waals surface area contributed by atoms with E-state index >= 15 is 0 Å². The zero-order valence-electron chi connectivity index (χ0n) is 60.5. The summed E-state index contributed by atoms with van der Waals surface area (Å²) < 4.78 is 17.5. The molecular weight excluding hydrogens is 1550 g/mol. The van der Waals surface area contributed by atoms with E-state index in [1.165, 1.54) is 52.2 Å². The molecule has 25 heteroatoms. The number of esters is 3. The van der Waals surface area contributed by atoms with Crippen LogP contribution in [0.3, 0.4) is 0 Å². The number of carbonyl (C=O) groups excluding carboxylic acids is 8. The molecule has 0 aliphatic carbocycles. The van der Waals surface area contributed by atoms with Crippen molar-refractivity contribution >= 4 is 74.2 Å². The summed E-state index contributed by atoms with van der Waals surface area (Å²) in [5.41, 5.74) is 16.3. The molecule has 0 spiro atoms. The van der Waals surface area contributed by atoms with Crippen molar-refractivity contribution in [3.05, 3.63) is 292 Å². The molecule has 0 saturated carbocycles. The fourth-order valence-corrected chi connectivity index (χ4v) is 9.24. The van der Waals surface area contributed by atoms with Crippen LogP contribution in [0.5, 0.6) is 0 Å². The van der Waals surface area contributed by atoms with Gasteiger partial charge in [-0.25, -0.2) is 0 Å². The number of aromatic nitrogens is 12. The number of Topliss-reactive ketones (excluding diaryl/α,β-unsaturated/α-hetero) is 1. The largest absolute Gasteiger partial charge is 0.458 e. The molecule has 4 N–H and O–H groups in total. The number of hydrogen-bond donors (Lipinski definition) is 4. The fourth-order valence-electron chi connectivity index (χ4n) is 9.24. The molecule has 23 nitrogen and oxygen atoms in total. The number of nitrogens with one attached hydrogen (secondary N) is 3. The Kier molecular flexibility index (Phi) is 38.1. The Labute approximate surface area is 636 Å². The van der Waals surface area contributed by atoms with Gasteiger partial charge in [-0.1, -0.05) is 31.4 Å². The van der Waals surface area contributed by atoms with Crippen LogP contribution in [-0.2, 0) is 28.7 Å². The first kappa shape index (κ1) is 85.1. The Morgan fingerprint density at radius 1 is 0.457 bits per heavy atom. The van der Waals surface area contributed by atoms with Crippen molar-refractivity contribution in [1.29, 1.82) is 1.34 Å². The third-order valence-corrected chi connectivity index (χ3v) is 14.1. The molecule has 0 bridgehead atoms. The molecular formula is C80H81BN12O11U. The third-order valence-electron chi connectivity index (χ3n) is 14.1. The van der Waals surface area contributed by atoms with Gasteiger partial charge in [0.15, 0.2) is 11.6 Å². The summed E-state index contributed by atoms with van der Waals surface area (Å²) in [7, 11) is 3.75. The molecule has 534 valence electrons. The number of pyridine rings is 7. The van der Waals surface area contributed by atoms with E-state index in [0.717, 1.165) is 95.3 Å². The smallest absolute Gasteiger partial charge is 0.310 e. The summed E-state index contributed by atoms with van der Waals surface area (Å²) in [5, 5.41) is 9.52. The monoisotopic (exact) mass is 1640 g/mol. The Hall–Kier alpha value is -12.3. The molecule has 105 heavy (non-hydrogen) atoms. The van der Waals surface area contributed by atoms with Gasteiger partial charge in [-0.3, -0.25) is 82.4 Å². The quantitative estimate of drug-likeness (QED) is 0.0196. The van der Waals surface area contributed by atoms with Crippen molar-refractivity contribution in [2.75, 3.05) is 0 Å². The summed E-state index contributed by atoms with van der Waals surface area (Å²) in [6.07, 6.45) is 48.9. The van der Waals surface area contributed by atoms with Gasteiger partial charge in [0.25, 0.3) is 0 Å². The molecule has 0 aliphatic rings. The van der Waals surface area contributed by atoms with E-state index in [1.807, 2.05) is 116 Å². The Bertz CT molecular complexity index is 4680. The van der Waals surface area contributed by atoms with Gasteiger partial charge in [0.05, 0.1) is 6.10 Å². The number of hydrogen-bond acceptors (Lipinski definition) is 18. The van der Waals surface area contributed by atoms with Crippen LogP contribution in [0.2, 0.25) is 0 Å². The van der Waals surface area contributed by atoms with Gasteiger partial charge in [0.2, 0.25) is 11.8 Å². The minimum absolute atomic E-state index is 0. The van der Waals surface area contributed by atoms with Crippen LogP contribution in [0, 0.1) is 31.1 Å². The summed E-state index contributed by atoms with van der Waals surface area (Å²) >= 11 is 0. The molecule has 0 aromatic carbocycles. The van der Waals surface area contributed by atoms with E-state index in [9.17, 15) is 43.5 Å². The normalized spacial score (nSPS) is 10.4. The van der Waals surface area contributed by atoms with Crippen molar-refractivity contribution in [1.82, 2.24) is 59.0 Å². The average molecular weight is 1640 g/mol. The SMILES string of the molecule is C=Cc1c[nH]cc1-c1ccncc1.C=Cc1cn(C(C)=O)cc1-c1ccncc1.CC(=O)/C=C/c1ccncc1.CC(=O)OC(C)=O.CC(=O)OC(C)c1cn(C(C)=O)cc1-c1ccncc1.CC(=O)c1c[nH]cc1-c1ccncc1.CC(O)c1c[nH]cc1-c1ccncc1.O=Cc1ccncc1.[2H][B].[U]. The molecule has 2 radical (unpaired) electrons. The van der Waals surface area contributed by atoms with E-state index in [1.54, 1.807) is 161 Å². The van der Waals surface area contributed by atoms with Crippen LogP contribution >= 0.6 is 0 Å². The Morgan fingerprint density at radius 2 is 0.829 bits per heavy atom. The van der Waals surface area contributed by atoms with E-state index in [4.69, 9.17) is 6.07 Å². The molecule has 0 aliphatic heterocycles. The second-order valence-electron chi connectivity index (χ2n) is 21.8. The van der Waals surface area contributed by atoms with Gasteiger partial charge in [0.1, 0.15) is 12.4 Å². The van der Waals surface area contributed by atoms with E-state index < -0.39 is 24.1 Å². The number of allylic oxidation sites excluding steroid dienone is 1. The minimum Gasteiger partial charge on any atom is -0.458 e. The van der Waals surface area contributed by atoms with E-state index in [2.05, 4.69) is 76.1 Å². The van der Waals surface area contributed by atoms with Crippen molar-refractivity contribution in [2.45, 2.75) is 74.5 Å². The number of carbonyl (C=O) groups is 8.